The summed E-state index contributed by atoms with van der Waals surface area (Å²) in [5, 5.41) is 11.5. The van der Waals surface area contributed by atoms with Gasteiger partial charge in [0.05, 0.1) is 36.9 Å². The van der Waals surface area contributed by atoms with E-state index in [1.54, 1.807) is 24.4 Å². The van der Waals surface area contributed by atoms with Crippen LogP contribution in [0.4, 0.5) is 16.2 Å². The number of ether oxygens (including phenoxy) is 2. The van der Waals surface area contributed by atoms with Crippen LogP contribution in [-0.4, -0.2) is 35.7 Å². The minimum atomic E-state index is -0.910. The maximum absolute atomic E-state index is 12.3. The molecule has 2 aromatic rings. The van der Waals surface area contributed by atoms with Crippen molar-refractivity contribution in [2.24, 2.45) is 10.7 Å². The zero-order chi connectivity index (χ0) is 20.5. The number of pyridine rings is 1. The molecule has 0 aliphatic carbocycles. The zero-order valence-corrected chi connectivity index (χ0v) is 15.6. The molecule has 0 spiro atoms. The third kappa shape index (κ3) is 5.16. The number of nitrogens with two attached hydrogens (primary N) is 1. The van der Waals surface area contributed by atoms with Gasteiger partial charge in [-0.05, 0) is 30.7 Å². The summed E-state index contributed by atoms with van der Waals surface area (Å²) in [5.41, 5.74) is 6.13. The van der Waals surface area contributed by atoms with Gasteiger partial charge in [-0.3, -0.25) is 15.1 Å². The first-order chi connectivity index (χ1) is 13.5. The molecule has 2 N–H and O–H groups in total. The van der Waals surface area contributed by atoms with Gasteiger partial charge in [0.2, 0.25) is 5.96 Å². The van der Waals surface area contributed by atoms with Crippen molar-refractivity contribution in [2.45, 2.75) is 19.9 Å². The predicted octanol–water partition coefficient (Wildman–Crippen LogP) is 2.87. The van der Waals surface area contributed by atoms with Gasteiger partial charge in [0.25, 0.3) is 5.69 Å². The van der Waals surface area contributed by atoms with Crippen molar-refractivity contribution < 1.29 is 19.2 Å². The number of guanidine groups is 1. The number of carbonyl (C=O) groups is 1. The Hall–Kier alpha value is -3.69. The molecule has 0 unspecified atom stereocenters. The molecule has 148 valence electrons. The molecule has 0 saturated carbocycles. The topological polar surface area (TPSA) is 133 Å². The Morgan fingerprint density at radius 1 is 1.36 bits per heavy atom. The predicted molar refractivity (Wildman–Crippen MR) is 103 cm³/mol. The number of nitro benzene ring substituents is 1. The summed E-state index contributed by atoms with van der Waals surface area (Å²) >= 11 is 0. The molecular formula is C18H21N5O5. The number of nitro groups is 1. The van der Waals surface area contributed by atoms with Crippen LogP contribution in [0.15, 0.2) is 47.6 Å². The number of rotatable bonds is 7. The van der Waals surface area contributed by atoms with Gasteiger partial charge in [-0.1, -0.05) is 13.0 Å². The number of anilines is 1. The van der Waals surface area contributed by atoms with Gasteiger partial charge in [0, 0.05) is 6.20 Å². The summed E-state index contributed by atoms with van der Waals surface area (Å²) in [5.74, 6) is 0.0499. The first kappa shape index (κ1) is 20.6. The van der Waals surface area contributed by atoms with Crippen molar-refractivity contribution in [3.63, 3.8) is 0 Å². The average molecular weight is 387 g/mol. The molecule has 1 amide bonds. The van der Waals surface area contributed by atoms with Crippen molar-refractivity contribution in [1.82, 2.24) is 4.98 Å². The van der Waals surface area contributed by atoms with Crippen LogP contribution in [0, 0.1) is 10.1 Å². The third-order valence-corrected chi connectivity index (χ3v) is 3.57. The van der Waals surface area contributed by atoms with Crippen molar-refractivity contribution in [3.05, 3.63) is 58.4 Å². The van der Waals surface area contributed by atoms with Crippen LogP contribution in [-0.2, 0) is 11.3 Å². The highest BCUT2D eigenvalue weighted by molar-refractivity contribution is 6.14. The van der Waals surface area contributed by atoms with Crippen molar-refractivity contribution in [2.75, 3.05) is 18.6 Å². The Labute approximate surface area is 161 Å². The van der Waals surface area contributed by atoms with E-state index in [1.807, 2.05) is 6.92 Å². The third-order valence-electron chi connectivity index (χ3n) is 3.57. The molecule has 0 atom stereocenters. The summed E-state index contributed by atoms with van der Waals surface area (Å²) in [7, 11) is 1.14. The van der Waals surface area contributed by atoms with Gasteiger partial charge in [0.15, 0.2) is 0 Å². The van der Waals surface area contributed by atoms with Crippen LogP contribution in [0.5, 0.6) is 5.75 Å². The van der Waals surface area contributed by atoms with E-state index in [4.69, 9.17) is 15.2 Å². The van der Waals surface area contributed by atoms with Crippen molar-refractivity contribution in [3.8, 4) is 5.75 Å². The number of hydrogen-bond donors (Lipinski definition) is 1. The van der Waals surface area contributed by atoms with E-state index >= 15 is 0 Å². The van der Waals surface area contributed by atoms with Crippen LogP contribution in [0.3, 0.4) is 0 Å². The second kappa shape index (κ2) is 9.86. The lowest BCUT2D eigenvalue weighted by Gasteiger charge is -2.20. The molecular weight excluding hydrogens is 366 g/mol. The van der Waals surface area contributed by atoms with Gasteiger partial charge < -0.3 is 15.2 Å². The molecule has 28 heavy (non-hydrogen) atoms. The minimum Gasteiger partial charge on any atom is -0.493 e. The van der Waals surface area contributed by atoms with Gasteiger partial charge in [-0.2, -0.15) is 0 Å². The van der Waals surface area contributed by atoms with Gasteiger partial charge >= 0.3 is 6.09 Å². The fourth-order valence-corrected chi connectivity index (χ4v) is 2.28. The highest BCUT2D eigenvalue weighted by Crippen LogP contribution is 2.32. The van der Waals surface area contributed by atoms with E-state index in [9.17, 15) is 14.9 Å². The highest BCUT2D eigenvalue weighted by atomic mass is 16.6. The molecule has 1 aromatic heterocycles. The molecule has 1 aromatic carbocycles. The summed E-state index contributed by atoms with van der Waals surface area (Å²) in [4.78, 5) is 32.3. The molecule has 10 nitrogen and oxygen atoms in total. The molecule has 10 heteroatoms. The van der Waals surface area contributed by atoms with Crippen molar-refractivity contribution in [1.29, 1.82) is 0 Å². The lowest BCUT2D eigenvalue weighted by Crippen LogP contribution is -2.42. The van der Waals surface area contributed by atoms with E-state index in [2.05, 4.69) is 9.98 Å². The summed E-state index contributed by atoms with van der Waals surface area (Å²) in [6, 6.07) is 9.38. The number of carbonyl (C=O) groups excluding carboxylic acids is 1. The summed E-state index contributed by atoms with van der Waals surface area (Å²) in [6.07, 6.45) is 1.43. The number of benzene rings is 1. The molecule has 2 rings (SSSR count). The second-order valence-electron chi connectivity index (χ2n) is 5.56. The number of hydrogen-bond acceptors (Lipinski definition) is 7. The quantitative estimate of drug-likeness (QED) is 0.334. The van der Waals surface area contributed by atoms with Gasteiger partial charge in [0.1, 0.15) is 11.4 Å². The molecule has 0 radical (unpaired) electrons. The molecule has 0 saturated heterocycles. The Morgan fingerprint density at radius 3 is 2.75 bits per heavy atom. The Balaban J connectivity index is 2.41. The fraction of sp³-hybridized carbons (Fsp3) is 0.278. The Morgan fingerprint density at radius 2 is 2.14 bits per heavy atom. The van der Waals surface area contributed by atoms with E-state index in [0.29, 0.717) is 18.1 Å². The number of aliphatic imine (C=N–C) groups is 1. The van der Waals surface area contributed by atoms with E-state index in [-0.39, 0.29) is 23.9 Å². The zero-order valence-electron chi connectivity index (χ0n) is 15.6. The van der Waals surface area contributed by atoms with Crippen LogP contribution < -0.4 is 15.4 Å². The molecule has 1 heterocycles. The maximum atomic E-state index is 12.3. The number of amides is 1. The minimum absolute atomic E-state index is 0.0806. The first-order valence-electron chi connectivity index (χ1n) is 8.47. The number of aromatic nitrogens is 1. The fourth-order valence-electron chi connectivity index (χ4n) is 2.28. The average Bonchev–Trinajstić information content (AvgIpc) is 2.71. The Kier molecular flexibility index (Phi) is 7.26. The molecule has 0 bridgehead atoms. The van der Waals surface area contributed by atoms with E-state index in [0.717, 1.165) is 18.4 Å². The first-order valence-corrected chi connectivity index (χ1v) is 8.47. The smallest absolute Gasteiger partial charge is 0.421 e. The monoisotopic (exact) mass is 387 g/mol. The van der Waals surface area contributed by atoms with Crippen LogP contribution in [0.1, 0.15) is 19.0 Å². The standard InChI is InChI=1S/C18H21N5O5/c1-3-10-28-14-7-8-15(16(11-14)23(25)26)22(18(24)27-2)17(19)21-12-13-6-4-5-9-20-13/h4-9,11H,3,10,12H2,1-2H3,(H2,19,21). The SMILES string of the molecule is CCCOc1ccc(N(C(=O)OC)C(N)=NCc2ccccn2)c([N+](=O)[O-])c1. The number of nitrogens with zero attached hydrogens (tertiary/aromatic N) is 4. The van der Waals surface area contributed by atoms with Crippen LogP contribution in [0.2, 0.25) is 0 Å². The van der Waals surface area contributed by atoms with Crippen LogP contribution in [0.25, 0.3) is 0 Å². The second-order valence-corrected chi connectivity index (χ2v) is 5.56. The largest absolute Gasteiger partial charge is 0.493 e. The normalized spacial score (nSPS) is 11.0. The molecule has 0 aliphatic rings. The van der Waals surface area contributed by atoms with Crippen LogP contribution >= 0.6 is 0 Å². The number of methoxy groups -OCH3 is 1. The van der Waals surface area contributed by atoms with Gasteiger partial charge in [-0.15, -0.1) is 0 Å². The molecule has 0 fully saturated rings. The maximum Gasteiger partial charge on any atom is 0.421 e. The molecule has 0 aliphatic heterocycles. The van der Waals surface area contributed by atoms with Gasteiger partial charge in [-0.25, -0.2) is 14.7 Å². The van der Waals surface area contributed by atoms with E-state index < -0.39 is 11.0 Å². The van der Waals surface area contributed by atoms with Crippen molar-refractivity contribution >= 4 is 23.4 Å². The lowest BCUT2D eigenvalue weighted by atomic mass is 10.2. The Bertz CT molecular complexity index is 857. The summed E-state index contributed by atoms with van der Waals surface area (Å²) < 4.78 is 10.2. The summed E-state index contributed by atoms with van der Waals surface area (Å²) in [6.45, 7) is 2.41. The lowest BCUT2D eigenvalue weighted by molar-refractivity contribution is -0.384. The highest BCUT2D eigenvalue weighted by Gasteiger charge is 2.28. The van der Waals surface area contributed by atoms with E-state index in [1.165, 1.54) is 18.2 Å².